The molecule has 1 N–H and O–H groups in total. The fourth-order valence-corrected chi connectivity index (χ4v) is 2.33. The van der Waals surface area contributed by atoms with Crippen molar-refractivity contribution in [2.45, 2.75) is 33.8 Å². The Morgan fingerprint density at radius 1 is 1.41 bits per heavy atom. The van der Waals surface area contributed by atoms with Crippen LogP contribution in [-0.4, -0.2) is 27.7 Å². The van der Waals surface area contributed by atoms with Gasteiger partial charge < -0.3 is 4.74 Å². The van der Waals surface area contributed by atoms with Gasteiger partial charge in [0.2, 0.25) is 4.77 Å². The third-order valence-corrected chi connectivity index (χ3v) is 3.31. The standard InChI is InChI=1S/C14H16F2N4OS/c1-4-11-18-19-14(22)20(11)17-7-10-5-8(2)12(9(3)6-10)21-13(15)16/h5-7,13H,4H2,1-3H3,(H,19,22)/b17-7-. The van der Waals surface area contributed by atoms with E-state index < -0.39 is 6.61 Å². The summed E-state index contributed by atoms with van der Waals surface area (Å²) in [5.74, 6) is 0.911. The zero-order valence-corrected chi connectivity index (χ0v) is 13.2. The molecule has 0 unspecified atom stereocenters. The lowest BCUT2D eigenvalue weighted by atomic mass is 10.1. The normalized spacial score (nSPS) is 11.5. The van der Waals surface area contributed by atoms with Crippen molar-refractivity contribution >= 4 is 18.4 Å². The Bertz CT molecular complexity index is 729. The average molecular weight is 326 g/mol. The first kappa shape index (κ1) is 16.3. The van der Waals surface area contributed by atoms with Gasteiger partial charge in [-0.1, -0.05) is 6.92 Å². The van der Waals surface area contributed by atoms with Crippen LogP contribution in [0.1, 0.15) is 29.4 Å². The maximum absolute atomic E-state index is 12.4. The second-order valence-corrected chi connectivity index (χ2v) is 5.10. The molecule has 2 aromatic rings. The maximum atomic E-state index is 12.4. The molecule has 0 saturated heterocycles. The van der Waals surface area contributed by atoms with Crippen molar-refractivity contribution in [3.8, 4) is 5.75 Å². The largest absolute Gasteiger partial charge is 0.434 e. The summed E-state index contributed by atoms with van der Waals surface area (Å²) < 4.78 is 31.2. The van der Waals surface area contributed by atoms with E-state index in [0.717, 1.165) is 5.56 Å². The number of ether oxygens (including phenoxy) is 1. The van der Waals surface area contributed by atoms with Crippen molar-refractivity contribution in [1.29, 1.82) is 0 Å². The maximum Gasteiger partial charge on any atom is 0.387 e. The van der Waals surface area contributed by atoms with Crippen molar-refractivity contribution in [3.05, 3.63) is 39.4 Å². The van der Waals surface area contributed by atoms with Gasteiger partial charge >= 0.3 is 6.61 Å². The summed E-state index contributed by atoms with van der Waals surface area (Å²) in [5, 5.41) is 11.0. The van der Waals surface area contributed by atoms with E-state index in [2.05, 4.69) is 20.0 Å². The molecule has 1 aromatic heterocycles. The molecular formula is C14H16F2N4OS. The first-order valence-corrected chi connectivity index (χ1v) is 7.10. The minimum Gasteiger partial charge on any atom is -0.434 e. The second-order valence-electron chi connectivity index (χ2n) is 4.72. The topological polar surface area (TPSA) is 55.2 Å². The van der Waals surface area contributed by atoms with Gasteiger partial charge in [0.25, 0.3) is 0 Å². The lowest BCUT2D eigenvalue weighted by Gasteiger charge is -2.11. The number of alkyl halides is 2. The number of aromatic nitrogens is 3. The van der Waals surface area contributed by atoms with E-state index in [1.54, 1.807) is 32.2 Å². The highest BCUT2D eigenvalue weighted by molar-refractivity contribution is 7.71. The molecule has 1 heterocycles. The Hall–Kier alpha value is -2.09. The van der Waals surface area contributed by atoms with Gasteiger partial charge in [-0.25, -0.2) is 0 Å². The predicted molar refractivity (Wildman–Crippen MR) is 82.3 cm³/mol. The van der Waals surface area contributed by atoms with Crippen LogP contribution in [0.15, 0.2) is 17.2 Å². The lowest BCUT2D eigenvalue weighted by molar-refractivity contribution is -0.0507. The molecule has 0 aliphatic heterocycles. The Balaban J connectivity index is 2.32. The number of hydrogen-bond acceptors (Lipinski definition) is 4. The van der Waals surface area contributed by atoms with Crippen LogP contribution in [0, 0.1) is 18.6 Å². The minimum absolute atomic E-state index is 0.196. The molecule has 1 aromatic carbocycles. The molecule has 5 nitrogen and oxygen atoms in total. The van der Waals surface area contributed by atoms with Gasteiger partial charge in [-0.2, -0.15) is 23.7 Å². The number of nitrogens with zero attached hydrogens (tertiary/aromatic N) is 3. The lowest BCUT2D eigenvalue weighted by Crippen LogP contribution is -2.05. The van der Waals surface area contributed by atoms with E-state index in [-0.39, 0.29) is 5.75 Å². The summed E-state index contributed by atoms with van der Waals surface area (Å²) in [7, 11) is 0. The molecule has 0 amide bonds. The zero-order chi connectivity index (χ0) is 16.3. The zero-order valence-electron chi connectivity index (χ0n) is 12.4. The van der Waals surface area contributed by atoms with E-state index in [1.165, 1.54) is 4.68 Å². The molecule has 0 bridgehead atoms. The van der Waals surface area contributed by atoms with Crippen molar-refractivity contribution in [2.24, 2.45) is 5.10 Å². The van der Waals surface area contributed by atoms with Crippen molar-refractivity contribution < 1.29 is 13.5 Å². The number of aromatic amines is 1. The van der Waals surface area contributed by atoms with E-state index in [9.17, 15) is 8.78 Å². The monoisotopic (exact) mass is 326 g/mol. The molecule has 0 aliphatic rings. The average Bonchev–Trinajstić information content (AvgIpc) is 2.80. The molecule has 118 valence electrons. The number of halogens is 2. The number of hydrogen-bond donors (Lipinski definition) is 1. The van der Waals surface area contributed by atoms with Crippen LogP contribution >= 0.6 is 12.2 Å². The van der Waals surface area contributed by atoms with E-state index in [4.69, 9.17) is 12.2 Å². The summed E-state index contributed by atoms with van der Waals surface area (Å²) in [4.78, 5) is 0. The fourth-order valence-electron chi connectivity index (χ4n) is 2.13. The Kier molecular flexibility index (Phi) is 5.02. The molecule has 22 heavy (non-hydrogen) atoms. The van der Waals surface area contributed by atoms with Gasteiger partial charge in [-0.05, 0) is 54.9 Å². The second kappa shape index (κ2) is 6.78. The van der Waals surface area contributed by atoms with Crippen molar-refractivity contribution in [3.63, 3.8) is 0 Å². The number of nitrogens with one attached hydrogen (secondary N) is 1. The summed E-state index contributed by atoms with van der Waals surface area (Å²) in [6.07, 6.45) is 2.29. The molecule has 0 radical (unpaired) electrons. The van der Waals surface area contributed by atoms with E-state index in [1.807, 2.05) is 6.92 Å². The predicted octanol–water partition coefficient (Wildman–Crippen LogP) is 3.60. The third-order valence-electron chi connectivity index (χ3n) is 3.05. The molecule has 0 aliphatic carbocycles. The van der Waals surface area contributed by atoms with Gasteiger partial charge in [0, 0.05) is 6.42 Å². The number of aryl methyl sites for hydroxylation is 3. The highest BCUT2D eigenvalue weighted by Gasteiger charge is 2.11. The van der Waals surface area contributed by atoms with Crippen LogP contribution in [-0.2, 0) is 6.42 Å². The highest BCUT2D eigenvalue weighted by atomic mass is 32.1. The number of rotatable bonds is 5. The van der Waals surface area contributed by atoms with Gasteiger partial charge in [0.1, 0.15) is 5.75 Å². The van der Waals surface area contributed by atoms with Crippen LogP contribution in [0.5, 0.6) is 5.75 Å². The summed E-state index contributed by atoms with van der Waals surface area (Å²) >= 11 is 5.10. The fraction of sp³-hybridized carbons (Fsp3) is 0.357. The smallest absolute Gasteiger partial charge is 0.387 e. The van der Waals surface area contributed by atoms with Crippen LogP contribution in [0.4, 0.5) is 8.78 Å². The van der Waals surface area contributed by atoms with Crippen LogP contribution in [0.3, 0.4) is 0 Å². The van der Waals surface area contributed by atoms with Gasteiger partial charge in [-0.15, -0.1) is 0 Å². The number of H-pyrrole nitrogens is 1. The first-order chi connectivity index (χ1) is 10.4. The molecule has 2 rings (SSSR count). The molecule has 0 fully saturated rings. The Morgan fingerprint density at radius 3 is 2.59 bits per heavy atom. The molecule has 0 atom stereocenters. The summed E-state index contributed by atoms with van der Waals surface area (Å²) in [6.45, 7) is 2.53. The SMILES string of the molecule is CCc1n[nH]c(=S)n1/N=C\c1cc(C)c(OC(F)F)c(C)c1. The van der Waals surface area contributed by atoms with Gasteiger partial charge in [-0.3, -0.25) is 5.10 Å². The third kappa shape index (κ3) is 3.56. The first-order valence-electron chi connectivity index (χ1n) is 6.69. The van der Waals surface area contributed by atoms with Gasteiger partial charge in [0.15, 0.2) is 5.82 Å². The molecule has 0 saturated carbocycles. The molecule has 0 spiro atoms. The van der Waals surface area contributed by atoms with Gasteiger partial charge in [0.05, 0.1) is 6.21 Å². The molecule has 8 heteroatoms. The van der Waals surface area contributed by atoms with Crippen molar-refractivity contribution in [2.75, 3.05) is 0 Å². The van der Waals surface area contributed by atoms with Crippen LogP contribution in [0.2, 0.25) is 0 Å². The highest BCUT2D eigenvalue weighted by Crippen LogP contribution is 2.25. The molecular weight excluding hydrogens is 310 g/mol. The summed E-state index contributed by atoms with van der Waals surface area (Å²) in [5.41, 5.74) is 2.00. The number of benzene rings is 1. The minimum atomic E-state index is -2.84. The van der Waals surface area contributed by atoms with E-state index >= 15 is 0 Å². The summed E-state index contributed by atoms with van der Waals surface area (Å²) in [6, 6.07) is 3.45. The van der Waals surface area contributed by atoms with Crippen LogP contribution in [0.25, 0.3) is 0 Å². The van der Waals surface area contributed by atoms with Crippen molar-refractivity contribution in [1.82, 2.24) is 14.9 Å². The Labute approximate surface area is 131 Å². The van der Waals surface area contributed by atoms with Crippen LogP contribution < -0.4 is 4.74 Å². The quantitative estimate of drug-likeness (QED) is 0.674. The van der Waals surface area contributed by atoms with E-state index in [0.29, 0.717) is 28.1 Å². The Morgan fingerprint density at radius 2 is 2.05 bits per heavy atom.